The summed E-state index contributed by atoms with van der Waals surface area (Å²) in [6.45, 7) is 2.56. The summed E-state index contributed by atoms with van der Waals surface area (Å²) in [7, 11) is 3.49. The average molecular weight is 270 g/mol. The van der Waals surface area contributed by atoms with Crippen LogP contribution in [0.3, 0.4) is 0 Å². The fraction of sp³-hybridized carbons (Fsp3) is 0.857. The van der Waals surface area contributed by atoms with E-state index < -0.39 is 12.0 Å². The monoisotopic (exact) mass is 270 g/mol. The molecule has 1 rings (SSSR count). The van der Waals surface area contributed by atoms with Gasteiger partial charge in [0.15, 0.2) is 0 Å². The molecule has 1 saturated carbocycles. The maximum Gasteiger partial charge on any atom is 0.320 e. The van der Waals surface area contributed by atoms with Gasteiger partial charge in [0.25, 0.3) is 0 Å². The quantitative estimate of drug-likeness (QED) is 0.793. The van der Waals surface area contributed by atoms with Crippen LogP contribution in [0.15, 0.2) is 0 Å². The fourth-order valence-corrected chi connectivity index (χ4v) is 2.52. The summed E-state index contributed by atoms with van der Waals surface area (Å²) in [6, 6.07) is -0.632. The number of aliphatic carboxylic acids is 1. The second-order valence-electron chi connectivity index (χ2n) is 5.71. The second kappa shape index (κ2) is 7.48. The molecule has 0 bridgehead atoms. The van der Waals surface area contributed by atoms with Crippen molar-refractivity contribution in [3.8, 4) is 0 Å². The van der Waals surface area contributed by atoms with E-state index in [4.69, 9.17) is 5.11 Å². The van der Waals surface area contributed by atoms with Crippen LogP contribution in [-0.4, -0.2) is 60.0 Å². The summed E-state index contributed by atoms with van der Waals surface area (Å²) < 4.78 is 0. The van der Waals surface area contributed by atoms with Crippen molar-refractivity contribution in [1.29, 1.82) is 0 Å². The minimum Gasteiger partial charge on any atom is -0.480 e. The van der Waals surface area contributed by atoms with Gasteiger partial charge in [-0.05, 0) is 32.7 Å². The first-order chi connectivity index (χ1) is 8.91. The summed E-state index contributed by atoms with van der Waals surface area (Å²) in [5.41, 5.74) is 0. The Bertz CT molecular complexity index is 314. The molecular formula is C14H26N2O3. The molecule has 5 nitrogen and oxygen atoms in total. The van der Waals surface area contributed by atoms with E-state index in [2.05, 4.69) is 0 Å². The Hall–Kier alpha value is -1.10. The van der Waals surface area contributed by atoms with E-state index in [1.807, 2.05) is 7.05 Å². The van der Waals surface area contributed by atoms with E-state index in [-0.39, 0.29) is 12.5 Å². The Balaban J connectivity index is 2.37. The Kier molecular flexibility index (Phi) is 6.28. The van der Waals surface area contributed by atoms with Crippen LogP contribution in [0.4, 0.5) is 0 Å². The van der Waals surface area contributed by atoms with E-state index in [1.165, 1.54) is 32.1 Å². The highest BCUT2D eigenvalue weighted by molar-refractivity contribution is 5.79. The van der Waals surface area contributed by atoms with Crippen LogP contribution >= 0.6 is 0 Å². The Morgan fingerprint density at radius 1 is 1.21 bits per heavy atom. The Morgan fingerprint density at radius 2 is 1.79 bits per heavy atom. The Labute approximate surface area is 115 Å². The molecule has 1 unspecified atom stereocenters. The molecule has 0 aromatic rings. The SMILES string of the molecule is CC(C(=O)O)N(C)CC(=O)N(C)CC1CCCCC1. The van der Waals surface area contributed by atoms with E-state index in [9.17, 15) is 9.59 Å². The number of rotatable bonds is 6. The van der Waals surface area contributed by atoms with E-state index >= 15 is 0 Å². The molecule has 1 N–H and O–H groups in total. The number of carboxylic acid groups (broad SMARTS) is 1. The molecule has 0 heterocycles. The van der Waals surface area contributed by atoms with Gasteiger partial charge < -0.3 is 10.0 Å². The van der Waals surface area contributed by atoms with Crippen molar-refractivity contribution in [1.82, 2.24) is 9.80 Å². The van der Waals surface area contributed by atoms with Gasteiger partial charge in [-0.25, -0.2) is 0 Å². The maximum atomic E-state index is 12.0. The van der Waals surface area contributed by atoms with Crippen molar-refractivity contribution in [3.05, 3.63) is 0 Å². The standard InChI is InChI=1S/C14H26N2O3/c1-11(14(18)19)15(2)10-13(17)16(3)9-12-7-5-4-6-8-12/h11-12H,4-10H2,1-3H3,(H,18,19). The molecule has 19 heavy (non-hydrogen) atoms. The maximum absolute atomic E-state index is 12.0. The molecule has 0 aromatic carbocycles. The number of carbonyl (C=O) groups excluding carboxylic acids is 1. The number of carboxylic acids is 1. The summed E-state index contributed by atoms with van der Waals surface area (Å²) in [4.78, 5) is 26.2. The number of hydrogen-bond acceptors (Lipinski definition) is 3. The Morgan fingerprint density at radius 3 is 2.32 bits per heavy atom. The zero-order valence-electron chi connectivity index (χ0n) is 12.3. The van der Waals surface area contributed by atoms with Crippen LogP contribution in [0.2, 0.25) is 0 Å². The lowest BCUT2D eigenvalue weighted by Crippen LogP contribution is -2.44. The summed E-state index contributed by atoms with van der Waals surface area (Å²) >= 11 is 0. The average Bonchev–Trinajstić information content (AvgIpc) is 2.38. The first-order valence-corrected chi connectivity index (χ1v) is 7.08. The molecule has 1 amide bonds. The van der Waals surface area contributed by atoms with Crippen LogP contribution in [0.5, 0.6) is 0 Å². The van der Waals surface area contributed by atoms with Gasteiger partial charge in [-0.1, -0.05) is 19.3 Å². The van der Waals surface area contributed by atoms with Crippen LogP contribution in [0, 0.1) is 5.92 Å². The first kappa shape index (κ1) is 16.0. The van der Waals surface area contributed by atoms with Gasteiger partial charge >= 0.3 is 5.97 Å². The number of nitrogens with zero attached hydrogens (tertiary/aromatic N) is 2. The topological polar surface area (TPSA) is 60.9 Å². The van der Waals surface area contributed by atoms with Crippen molar-refractivity contribution >= 4 is 11.9 Å². The van der Waals surface area contributed by atoms with E-state index in [0.717, 1.165) is 6.54 Å². The highest BCUT2D eigenvalue weighted by atomic mass is 16.4. The van der Waals surface area contributed by atoms with Gasteiger partial charge in [-0.15, -0.1) is 0 Å². The molecular weight excluding hydrogens is 244 g/mol. The smallest absolute Gasteiger partial charge is 0.320 e. The molecule has 1 aliphatic rings. The zero-order chi connectivity index (χ0) is 14.4. The lowest BCUT2D eigenvalue weighted by atomic mass is 9.89. The molecule has 1 fully saturated rings. The van der Waals surface area contributed by atoms with Crippen LogP contribution in [0.25, 0.3) is 0 Å². The number of carbonyl (C=O) groups is 2. The summed E-state index contributed by atoms with van der Waals surface area (Å²) in [6.07, 6.45) is 6.26. The van der Waals surface area contributed by atoms with Crippen LogP contribution < -0.4 is 0 Å². The molecule has 0 aliphatic heterocycles. The number of hydrogen-bond donors (Lipinski definition) is 1. The highest BCUT2D eigenvalue weighted by Crippen LogP contribution is 2.24. The summed E-state index contributed by atoms with van der Waals surface area (Å²) in [5, 5.41) is 8.90. The largest absolute Gasteiger partial charge is 0.480 e. The highest BCUT2D eigenvalue weighted by Gasteiger charge is 2.22. The van der Waals surface area contributed by atoms with Crippen molar-refractivity contribution in [2.75, 3.05) is 27.2 Å². The van der Waals surface area contributed by atoms with Gasteiger partial charge in [-0.2, -0.15) is 0 Å². The third kappa shape index (κ3) is 5.19. The van der Waals surface area contributed by atoms with Gasteiger partial charge in [-0.3, -0.25) is 14.5 Å². The minimum atomic E-state index is -0.898. The third-order valence-corrected chi connectivity index (χ3v) is 4.09. The summed E-state index contributed by atoms with van der Waals surface area (Å²) in [5.74, 6) is -0.281. The van der Waals surface area contributed by atoms with Gasteiger partial charge in [0, 0.05) is 13.6 Å². The van der Waals surface area contributed by atoms with E-state index in [1.54, 1.807) is 23.8 Å². The van der Waals surface area contributed by atoms with E-state index in [0.29, 0.717) is 5.92 Å². The number of likely N-dealkylation sites (N-methyl/N-ethyl adjacent to an activating group) is 2. The second-order valence-corrected chi connectivity index (χ2v) is 5.71. The molecule has 0 spiro atoms. The van der Waals surface area contributed by atoms with Crippen molar-refractivity contribution < 1.29 is 14.7 Å². The van der Waals surface area contributed by atoms with Gasteiger partial charge in [0.2, 0.25) is 5.91 Å². The first-order valence-electron chi connectivity index (χ1n) is 7.08. The molecule has 1 atom stereocenters. The lowest BCUT2D eigenvalue weighted by molar-refractivity contribution is -0.143. The number of amides is 1. The van der Waals surface area contributed by atoms with Crippen molar-refractivity contribution in [3.63, 3.8) is 0 Å². The van der Waals surface area contributed by atoms with Crippen molar-refractivity contribution in [2.45, 2.75) is 45.1 Å². The van der Waals surface area contributed by atoms with Gasteiger partial charge in [0.05, 0.1) is 6.54 Å². The van der Waals surface area contributed by atoms with Crippen LogP contribution in [0.1, 0.15) is 39.0 Å². The van der Waals surface area contributed by atoms with Gasteiger partial charge in [0.1, 0.15) is 6.04 Å². The molecule has 5 heteroatoms. The third-order valence-electron chi connectivity index (χ3n) is 4.09. The lowest BCUT2D eigenvalue weighted by Gasteiger charge is -2.29. The minimum absolute atomic E-state index is 0.00109. The fourth-order valence-electron chi connectivity index (χ4n) is 2.52. The molecule has 0 radical (unpaired) electrons. The normalized spacial score (nSPS) is 18.3. The molecule has 0 aromatic heterocycles. The predicted molar refractivity (Wildman–Crippen MR) is 73.9 cm³/mol. The molecule has 1 aliphatic carbocycles. The van der Waals surface area contributed by atoms with Crippen LogP contribution in [-0.2, 0) is 9.59 Å². The zero-order valence-corrected chi connectivity index (χ0v) is 12.3. The molecule has 0 saturated heterocycles. The predicted octanol–water partition coefficient (Wildman–Crippen LogP) is 1.43. The van der Waals surface area contributed by atoms with Crippen molar-refractivity contribution in [2.24, 2.45) is 5.92 Å². The molecule has 110 valence electrons.